The van der Waals surface area contributed by atoms with Gasteiger partial charge in [0.2, 0.25) is 17.7 Å². The number of imidazole rings is 1. The van der Waals surface area contributed by atoms with Crippen LogP contribution in [0.3, 0.4) is 0 Å². The van der Waals surface area contributed by atoms with Gasteiger partial charge in [0, 0.05) is 31.2 Å². The van der Waals surface area contributed by atoms with Crippen molar-refractivity contribution in [1.29, 1.82) is 0 Å². The van der Waals surface area contributed by atoms with Crippen molar-refractivity contribution in [2.45, 2.75) is 49.9 Å². The molecular formula is C33H36N6O6. The minimum atomic E-state index is -1.29. The van der Waals surface area contributed by atoms with E-state index in [1.165, 1.54) is 24.7 Å². The van der Waals surface area contributed by atoms with Gasteiger partial charge in [0.1, 0.15) is 23.9 Å². The van der Waals surface area contributed by atoms with Crippen molar-refractivity contribution in [3.63, 3.8) is 0 Å². The number of aromatic amines is 1. The Morgan fingerprint density at radius 1 is 0.667 bits per heavy atom. The summed E-state index contributed by atoms with van der Waals surface area (Å²) in [6.07, 6.45) is 3.15. The van der Waals surface area contributed by atoms with Crippen LogP contribution in [0.4, 0.5) is 0 Å². The Morgan fingerprint density at radius 3 is 1.67 bits per heavy atom. The summed E-state index contributed by atoms with van der Waals surface area (Å²) in [7, 11) is 0. The van der Waals surface area contributed by atoms with Crippen LogP contribution in [0.5, 0.6) is 5.75 Å². The number of phenols is 1. The molecule has 0 bridgehead atoms. The minimum absolute atomic E-state index is 0.0349. The number of amides is 3. The van der Waals surface area contributed by atoms with E-state index in [1.807, 2.05) is 36.4 Å². The molecule has 8 N–H and O–H groups in total. The number of phenolic OH excluding ortho intramolecular Hbond substituents is 1. The van der Waals surface area contributed by atoms with Crippen molar-refractivity contribution in [2.75, 3.05) is 0 Å². The minimum Gasteiger partial charge on any atom is -0.508 e. The Hall–Kier alpha value is -5.49. The first-order valence-corrected chi connectivity index (χ1v) is 14.4. The van der Waals surface area contributed by atoms with Crippen molar-refractivity contribution in [2.24, 2.45) is 5.73 Å². The van der Waals surface area contributed by atoms with Crippen molar-refractivity contribution in [3.8, 4) is 5.75 Å². The van der Waals surface area contributed by atoms with E-state index in [9.17, 15) is 29.4 Å². The number of carbonyl (C=O) groups excluding carboxylic acids is 3. The van der Waals surface area contributed by atoms with E-state index in [0.717, 1.165) is 11.1 Å². The standard InChI is InChI=1S/C33H36N6O6/c34-26(15-21-7-3-1-4-8-21)30(41)37-27(17-23-11-13-25(40)14-12-23)31(42)38-28(16-22-9-5-2-6-10-22)32(43)39-29(33(44)45)18-24-19-35-20-36-24/h1-14,19-20,26-29,40H,15-18,34H2,(H,35,36)(H,37,41)(H,38,42)(H,39,43)(H,44,45). The number of carboxylic acids is 1. The molecule has 3 amide bonds. The number of hydrogen-bond donors (Lipinski definition) is 7. The number of rotatable bonds is 15. The van der Waals surface area contributed by atoms with E-state index in [4.69, 9.17) is 5.73 Å². The molecule has 12 nitrogen and oxygen atoms in total. The Kier molecular flexibility index (Phi) is 11.4. The smallest absolute Gasteiger partial charge is 0.326 e. The summed E-state index contributed by atoms with van der Waals surface area (Å²) >= 11 is 0. The molecule has 0 saturated carbocycles. The number of carbonyl (C=O) groups is 4. The van der Waals surface area contributed by atoms with E-state index in [-0.39, 0.29) is 31.4 Å². The number of aromatic nitrogens is 2. The van der Waals surface area contributed by atoms with Gasteiger partial charge in [-0.2, -0.15) is 0 Å². The second-order valence-corrected chi connectivity index (χ2v) is 10.7. The van der Waals surface area contributed by atoms with Crippen LogP contribution in [0.1, 0.15) is 22.4 Å². The Bertz CT molecular complexity index is 1550. The van der Waals surface area contributed by atoms with Gasteiger partial charge in [-0.15, -0.1) is 0 Å². The largest absolute Gasteiger partial charge is 0.508 e. The lowest BCUT2D eigenvalue weighted by Gasteiger charge is -2.25. The lowest BCUT2D eigenvalue weighted by Crippen LogP contribution is -2.58. The van der Waals surface area contributed by atoms with Crippen LogP contribution >= 0.6 is 0 Å². The van der Waals surface area contributed by atoms with Crippen LogP contribution in [-0.2, 0) is 44.9 Å². The van der Waals surface area contributed by atoms with Crippen LogP contribution in [0.15, 0.2) is 97.5 Å². The third kappa shape index (κ3) is 10.0. The number of hydrogen-bond acceptors (Lipinski definition) is 7. The number of nitrogens with zero attached hydrogens (tertiary/aromatic N) is 1. The van der Waals surface area contributed by atoms with Gasteiger partial charge in [-0.25, -0.2) is 9.78 Å². The lowest BCUT2D eigenvalue weighted by molar-refractivity contribution is -0.142. The highest BCUT2D eigenvalue weighted by molar-refractivity contribution is 5.94. The number of H-pyrrole nitrogens is 1. The molecular weight excluding hydrogens is 576 g/mol. The molecule has 0 saturated heterocycles. The average molecular weight is 613 g/mol. The highest BCUT2D eigenvalue weighted by Gasteiger charge is 2.31. The topological polar surface area (TPSA) is 200 Å². The van der Waals surface area contributed by atoms with Crippen molar-refractivity contribution >= 4 is 23.7 Å². The lowest BCUT2D eigenvalue weighted by atomic mass is 10.0. The quantitative estimate of drug-likeness (QED) is 0.104. The fourth-order valence-electron chi connectivity index (χ4n) is 4.74. The predicted molar refractivity (Wildman–Crippen MR) is 166 cm³/mol. The van der Waals surface area contributed by atoms with Gasteiger partial charge in [-0.3, -0.25) is 14.4 Å². The number of benzene rings is 3. The number of nitrogens with two attached hydrogens (primary N) is 1. The van der Waals surface area contributed by atoms with Crippen LogP contribution in [0, 0.1) is 0 Å². The maximum atomic E-state index is 13.8. The van der Waals surface area contributed by atoms with Crippen molar-refractivity contribution in [3.05, 3.63) is 120 Å². The third-order valence-corrected chi connectivity index (χ3v) is 7.15. The molecule has 45 heavy (non-hydrogen) atoms. The zero-order valence-electron chi connectivity index (χ0n) is 24.4. The van der Waals surface area contributed by atoms with Crippen LogP contribution < -0.4 is 21.7 Å². The first kappa shape index (κ1) is 32.4. The maximum absolute atomic E-state index is 13.8. The number of nitrogens with one attached hydrogen (secondary N) is 4. The Morgan fingerprint density at radius 2 is 1.16 bits per heavy atom. The summed E-state index contributed by atoms with van der Waals surface area (Å²) in [6.45, 7) is 0. The highest BCUT2D eigenvalue weighted by Crippen LogP contribution is 2.13. The molecule has 3 aromatic carbocycles. The third-order valence-electron chi connectivity index (χ3n) is 7.15. The van der Waals surface area contributed by atoms with Crippen molar-refractivity contribution < 1.29 is 29.4 Å². The van der Waals surface area contributed by atoms with E-state index >= 15 is 0 Å². The zero-order valence-corrected chi connectivity index (χ0v) is 24.4. The fraction of sp³-hybridized carbons (Fsp3) is 0.242. The average Bonchev–Trinajstić information content (AvgIpc) is 3.55. The second-order valence-electron chi connectivity index (χ2n) is 10.7. The summed E-state index contributed by atoms with van der Waals surface area (Å²) in [5.41, 5.74) is 8.92. The van der Waals surface area contributed by atoms with E-state index in [1.54, 1.807) is 36.4 Å². The molecule has 0 spiro atoms. The van der Waals surface area contributed by atoms with Gasteiger partial charge in [0.25, 0.3) is 0 Å². The molecule has 4 aromatic rings. The van der Waals surface area contributed by atoms with Crippen LogP contribution in [0.25, 0.3) is 0 Å². The number of aliphatic carboxylic acids is 1. The summed E-state index contributed by atoms with van der Waals surface area (Å²) in [4.78, 5) is 59.2. The maximum Gasteiger partial charge on any atom is 0.326 e. The van der Waals surface area contributed by atoms with Gasteiger partial charge in [0.15, 0.2) is 0 Å². The monoisotopic (exact) mass is 612 g/mol. The summed E-state index contributed by atoms with van der Waals surface area (Å²) in [5, 5.41) is 27.5. The molecule has 4 unspecified atom stereocenters. The summed E-state index contributed by atoms with van der Waals surface area (Å²) in [5.74, 6) is -3.16. The second kappa shape index (κ2) is 15.8. The molecule has 12 heteroatoms. The molecule has 1 heterocycles. The molecule has 4 atom stereocenters. The van der Waals surface area contributed by atoms with Gasteiger partial charge in [-0.1, -0.05) is 72.8 Å². The fourth-order valence-corrected chi connectivity index (χ4v) is 4.74. The molecule has 0 fully saturated rings. The highest BCUT2D eigenvalue weighted by atomic mass is 16.4. The van der Waals surface area contributed by atoms with Gasteiger partial charge in [-0.05, 0) is 35.2 Å². The first-order valence-electron chi connectivity index (χ1n) is 14.4. The van der Waals surface area contributed by atoms with E-state index < -0.39 is 47.9 Å². The molecule has 4 rings (SSSR count). The SMILES string of the molecule is NC(Cc1ccccc1)C(=O)NC(Cc1ccc(O)cc1)C(=O)NC(Cc1ccccc1)C(=O)NC(Cc1cnc[nH]1)C(=O)O. The molecule has 0 aliphatic rings. The van der Waals surface area contributed by atoms with Gasteiger partial charge >= 0.3 is 5.97 Å². The first-order chi connectivity index (χ1) is 21.7. The van der Waals surface area contributed by atoms with Crippen LogP contribution in [-0.4, -0.2) is 68.0 Å². The normalized spacial score (nSPS) is 13.5. The van der Waals surface area contributed by atoms with E-state index in [2.05, 4.69) is 25.9 Å². The Balaban J connectivity index is 1.54. The molecule has 0 aliphatic heterocycles. The van der Waals surface area contributed by atoms with E-state index in [0.29, 0.717) is 11.3 Å². The van der Waals surface area contributed by atoms with Gasteiger partial charge in [0.05, 0.1) is 12.4 Å². The summed E-state index contributed by atoms with van der Waals surface area (Å²) < 4.78 is 0. The zero-order chi connectivity index (χ0) is 32.2. The Labute approximate surface area is 260 Å². The molecule has 1 aromatic heterocycles. The summed E-state index contributed by atoms with van der Waals surface area (Å²) in [6, 6.07) is 19.7. The van der Waals surface area contributed by atoms with Gasteiger partial charge < -0.3 is 36.9 Å². The van der Waals surface area contributed by atoms with Crippen LogP contribution in [0.2, 0.25) is 0 Å². The number of aromatic hydroxyl groups is 1. The van der Waals surface area contributed by atoms with Crippen molar-refractivity contribution in [1.82, 2.24) is 25.9 Å². The number of carboxylic acid groups (broad SMARTS) is 1. The molecule has 0 aliphatic carbocycles. The molecule has 234 valence electrons. The predicted octanol–water partition coefficient (Wildman–Crippen LogP) is 1.25. The molecule has 0 radical (unpaired) electrons.